The molecule has 22 aromatic rings. The van der Waals surface area contributed by atoms with Crippen LogP contribution in [0.5, 0.6) is 0 Å². The summed E-state index contributed by atoms with van der Waals surface area (Å²) in [7, 11) is -1.48. The molecule has 0 spiro atoms. The summed E-state index contributed by atoms with van der Waals surface area (Å²) in [6.45, 7) is 0. The minimum Gasteiger partial charge on any atom is -0.456 e. The molecule has 10 heteroatoms. The largest absolute Gasteiger partial charge is 0.489 e. The smallest absolute Gasteiger partial charge is 0.456 e. The molecule has 0 bridgehead atoms. The van der Waals surface area contributed by atoms with E-state index in [2.05, 4.69) is 319 Å². The van der Waals surface area contributed by atoms with Gasteiger partial charge in [-0.15, -0.1) is 0 Å². The monoisotopic (exact) mass is 1370 g/mol. The van der Waals surface area contributed by atoms with Gasteiger partial charge in [-0.05, 0) is 143 Å². The maximum absolute atomic E-state index is 9.31. The summed E-state index contributed by atoms with van der Waals surface area (Å²) in [5.74, 6) is 0. The molecule has 0 fully saturated rings. The van der Waals surface area contributed by atoms with Crippen molar-refractivity contribution in [3.05, 3.63) is 344 Å². The van der Waals surface area contributed by atoms with E-state index in [9.17, 15) is 10.0 Å². The highest BCUT2D eigenvalue weighted by atomic mass is 79.9. The van der Waals surface area contributed by atoms with E-state index in [1.54, 1.807) is 12.1 Å². The van der Waals surface area contributed by atoms with Crippen LogP contribution in [0, 0.1) is 0 Å². The van der Waals surface area contributed by atoms with E-state index in [4.69, 9.17) is 8.83 Å². The van der Waals surface area contributed by atoms with Gasteiger partial charge < -0.3 is 37.2 Å². The quantitative estimate of drug-likeness (QED) is 0.162. The molecule has 0 saturated heterocycles. The van der Waals surface area contributed by atoms with E-state index in [0.717, 1.165) is 65.4 Å². The Balaban J connectivity index is 0.000000115. The fourth-order valence-electron chi connectivity index (χ4n) is 16.2. The van der Waals surface area contributed by atoms with Gasteiger partial charge in [0.2, 0.25) is 0 Å². The van der Waals surface area contributed by atoms with Gasteiger partial charge in [0, 0.05) is 103 Å². The van der Waals surface area contributed by atoms with Gasteiger partial charge >= 0.3 is 7.12 Å². The lowest BCUT2D eigenvalue weighted by atomic mass is 9.77. The fraction of sp³-hybridized carbons (Fsp3) is 0. The zero-order valence-electron chi connectivity index (χ0n) is 54.8. The van der Waals surface area contributed by atoms with Gasteiger partial charge in [-0.25, -0.2) is 0 Å². The Morgan fingerprint density at radius 1 is 0.255 bits per heavy atom. The van der Waals surface area contributed by atoms with E-state index in [-0.39, 0.29) is 0 Å². The molecule has 0 amide bonds. The van der Waals surface area contributed by atoms with E-state index in [1.807, 2.05) is 42.5 Å². The van der Waals surface area contributed by atoms with Crippen LogP contribution in [0.25, 0.3) is 187 Å². The number of hydrogen-bond donors (Lipinski definition) is 2. The average Bonchev–Trinajstić information content (AvgIpc) is 1.55. The molecule has 16 aromatic carbocycles. The zero-order chi connectivity index (χ0) is 67.7. The molecular formula is C92H58BBrN4O4. The first-order valence-electron chi connectivity index (χ1n) is 34.3. The molecule has 0 aliphatic rings. The highest BCUT2D eigenvalue weighted by Gasteiger charge is 2.24. The Hall–Kier alpha value is -12.7. The lowest BCUT2D eigenvalue weighted by Crippen LogP contribution is -2.30. The number of rotatable bonds is 6. The molecule has 0 radical (unpaired) electrons. The van der Waals surface area contributed by atoms with Gasteiger partial charge in [0.05, 0.1) is 44.1 Å². The summed E-state index contributed by atoms with van der Waals surface area (Å²) in [5.41, 5.74) is 20.3. The van der Waals surface area contributed by atoms with Gasteiger partial charge in [-0.2, -0.15) is 0 Å². The van der Waals surface area contributed by atoms with E-state index < -0.39 is 7.12 Å². The molecule has 0 unspecified atom stereocenters. The number of halogens is 1. The molecule has 0 atom stereocenters. The lowest BCUT2D eigenvalue weighted by molar-refractivity contribution is 0.426. The Morgan fingerprint density at radius 3 is 1.20 bits per heavy atom. The summed E-state index contributed by atoms with van der Waals surface area (Å²) in [6, 6.07) is 120. The summed E-state index contributed by atoms with van der Waals surface area (Å²) >= 11 is 3.69. The van der Waals surface area contributed by atoms with Crippen LogP contribution in [-0.2, 0) is 0 Å². The number of hydrogen-bond acceptors (Lipinski definition) is 4. The van der Waals surface area contributed by atoms with Crippen LogP contribution in [0.2, 0.25) is 0 Å². The predicted molar refractivity (Wildman–Crippen MR) is 429 cm³/mol. The molecule has 6 heterocycles. The molecule has 0 aliphatic carbocycles. The first kappa shape index (κ1) is 59.4. The van der Waals surface area contributed by atoms with Crippen molar-refractivity contribution in [1.29, 1.82) is 0 Å². The third-order valence-corrected chi connectivity index (χ3v) is 21.0. The van der Waals surface area contributed by atoms with Crippen molar-refractivity contribution < 1.29 is 18.9 Å². The maximum Gasteiger partial charge on any atom is 0.489 e. The molecule has 0 aliphatic heterocycles. The SMILES string of the molecule is Brc1cccc(-n2c3ccccc3c3cc4c5ccc6ccccc6c5n(-c5ccccc5)c4cc32)c1.OB(O)c1cccc2oc3ccccc3c12.c1ccc(-n2c3cc4c(cc3c3ccc5ccccc5c32)c2ccccc2n4-c2cccc(-c3cccc4oc5ccccc5c34)c2)cc1. The second-order valence-electron chi connectivity index (χ2n) is 26.2. The van der Waals surface area contributed by atoms with Crippen molar-refractivity contribution in [2.75, 3.05) is 0 Å². The van der Waals surface area contributed by atoms with Crippen molar-refractivity contribution in [1.82, 2.24) is 18.3 Å². The van der Waals surface area contributed by atoms with Gasteiger partial charge in [-0.3, -0.25) is 0 Å². The minimum absolute atomic E-state index is 0.474. The van der Waals surface area contributed by atoms with Crippen molar-refractivity contribution >= 4 is 181 Å². The Morgan fingerprint density at radius 2 is 0.657 bits per heavy atom. The van der Waals surface area contributed by atoms with Gasteiger partial charge in [-0.1, -0.05) is 240 Å². The van der Waals surface area contributed by atoms with E-state index >= 15 is 0 Å². The van der Waals surface area contributed by atoms with Crippen LogP contribution in [-0.4, -0.2) is 35.4 Å². The predicted octanol–water partition coefficient (Wildman–Crippen LogP) is 23.7. The number of para-hydroxylation sites is 6. The number of aromatic nitrogens is 4. The number of fused-ring (bicyclic) bond motifs is 22. The molecular weight excluding hydrogens is 1320 g/mol. The summed E-state index contributed by atoms with van der Waals surface area (Å²) in [5, 5.41) is 37.7. The fourth-order valence-corrected chi connectivity index (χ4v) is 16.6. The summed E-state index contributed by atoms with van der Waals surface area (Å²) in [6.07, 6.45) is 0. The highest BCUT2D eigenvalue weighted by Crippen LogP contribution is 2.46. The first-order valence-corrected chi connectivity index (χ1v) is 35.1. The normalized spacial score (nSPS) is 11.9. The van der Waals surface area contributed by atoms with Crippen LogP contribution in [0.1, 0.15) is 0 Å². The summed E-state index contributed by atoms with van der Waals surface area (Å²) in [4.78, 5) is 0. The molecule has 480 valence electrons. The van der Waals surface area contributed by atoms with E-state index in [0.29, 0.717) is 11.0 Å². The third kappa shape index (κ3) is 9.38. The molecule has 8 nitrogen and oxygen atoms in total. The molecule has 2 N–H and O–H groups in total. The van der Waals surface area contributed by atoms with Crippen LogP contribution in [0.3, 0.4) is 0 Å². The third-order valence-electron chi connectivity index (χ3n) is 20.5. The Labute approximate surface area is 592 Å². The van der Waals surface area contributed by atoms with Gasteiger partial charge in [0.1, 0.15) is 22.3 Å². The highest BCUT2D eigenvalue weighted by molar-refractivity contribution is 9.10. The lowest BCUT2D eigenvalue weighted by Gasteiger charge is -2.12. The van der Waals surface area contributed by atoms with Crippen molar-refractivity contribution in [3.63, 3.8) is 0 Å². The number of benzene rings is 16. The number of furan rings is 2. The van der Waals surface area contributed by atoms with Crippen LogP contribution in [0.15, 0.2) is 353 Å². The minimum atomic E-state index is -1.48. The van der Waals surface area contributed by atoms with Gasteiger partial charge in [0.25, 0.3) is 0 Å². The molecule has 22 rings (SSSR count). The second kappa shape index (κ2) is 23.8. The van der Waals surface area contributed by atoms with Gasteiger partial charge in [0.15, 0.2) is 0 Å². The van der Waals surface area contributed by atoms with Crippen molar-refractivity contribution in [2.45, 2.75) is 0 Å². The Bertz CT molecular complexity index is 7140. The van der Waals surface area contributed by atoms with E-state index in [1.165, 1.54) is 120 Å². The molecule has 102 heavy (non-hydrogen) atoms. The molecule has 0 saturated carbocycles. The maximum atomic E-state index is 9.31. The topological polar surface area (TPSA) is 86.5 Å². The van der Waals surface area contributed by atoms with Crippen molar-refractivity contribution in [2.24, 2.45) is 0 Å². The first-order chi connectivity index (χ1) is 50.4. The molecule has 6 aromatic heterocycles. The number of nitrogens with zero attached hydrogens (tertiary/aromatic N) is 4. The second-order valence-corrected chi connectivity index (χ2v) is 27.1. The van der Waals surface area contributed by atoms with Crippen molar-refractivity contribution in [3.8, 4) is 33.9 Å². The summed E-state index contributed by atoms with van der Waals surface area (Å²) < 4.78 is 22.7. The van der Waals surface area contributed by atoms with Crippen LogP contribution >= 0.6 is 15.9 Å². The standard InChI is InChI=1S/C46H28N2O.C34H21BrN2.C12H9BO3/c1-2-14-31(15-3-1)48-42-28-41-38(27-39(42)36-25-24-29-12-4-5-17-34(29)46(36)48)35-18-6-8-21-40(35)47(41)32-16-10-13-30(26-32)33-20-11-23-44-45(33)37-19-7-9-22-43(37)49-44;35-23-10-8-13-25(19-23)36-31-16-7-6-15-27(31)29-20-30-28-18-17-22-9-4-5-14-26(22)34(28)37(33(30)21-32(29)36)24-11-2-1-3-12-24;14-13(15)9-5-3-7-11-12(9)8-4-1-2-6-10(8)16-11/h1-28H;1-21H;1-7,14-15H. The van der Waals surface area contributed by atoms with Crippen LogP contribution in [0.4, 0.5) is 0 Å². The Kier molecular flexibility index (Phi) is 13.8. The average molecular weight is 1370 g/mol. The van der Waals surface area contributed by atoms with Crippen LogP contribution < -0.4 is 5.46 Å². The zero-order valence-corrected chi connectivity index (χ0v) is 56.4.